The van der Waals surface area contributed by atoms with E-state index in [9.17, 15) is 9.59 Å². The zero-order valence-electron chi connectivity index (χ0n) is 11.3. The monoisotopic (exact) mass is 270 g/mol. The molecule has 102 valence electrons. The van der Waals surface area contributed by atoms with Gasteiger partial charge in [0.25, 0.3) is 0 Å². The summed E-state index contributed by atoms with van der Waals surface area (Å²) in [4.78, 5) is 27.4. The lowest BCUT2D eigenvalue weighted by Crippen LogP contribution is -2.29. The summed E-state index contributed by atoms with van der Waals surface area (Å²) in [6, 6.07) is 9.27. The molecule has 0 bridgehead atoms. The van der Waals surface area contributed by atoms with Crippen molar-refractivity contribution in [2.45, 2.75) is 13.3 Å². The predicted octanol–water partition coefficient (Wildman–Crippen LogP) is 1.75. The quantitative estimate of drug-likeness (QED) is 0.803. The number of carbonyl (C=O) groups excluding carboxylic acids is 2. The second-order valence-electron chi connectivity index (χ2n) is 4.72. The highest BCUT2D eigenvalue weighted by molar-refractivity contribution is 6.17. The summed E-state index contributed by atoms with van der Waals surface area (Å²) < 4.78 is 0. The number of fused-ring (bicyclic) bond motifs is 1. The van der Waals surface area contributed by atoms with Crippen LogP contribution in [0.4, 0.5) is 17.2 Å². The Balaban J connectivity index is 2.22. The molecule has 0 radical (unpaired) electrons. The van der Waals surface area contributed by atoms with Crippen LogP contribution in [0.1, 0.15) is 12.1 Å². The lowest BCUT2D eigenvalue weighted by atomic mass is 10.2. The summed E-state index contributed by atoms with van der Waals surface area (Å²) in [5, 5.41) is 6.98. The minimum atomic E-state index is -0.263. The van der Waals surface area contributed by atoms with E-state index in [0.717, 1.165) is 11.4 Å². The lowest BCUT2D eigenvalue weighted by molar-refractivity contribution is -0.125. The van der Waals surface area contributed by atoms with E-state index in [4.69, 9.17) is 0 Å². The van der Waals surface area contributed by atoms with Crippen LogP contribution >= 0.6 is 0 Å². The summed E-state index contributed by atoms with van der Waals surface area (Å²) in [5.74, 6) is -0.0420. The molecule has 0 spiro atoms. The van der Waals surface area contributed by atoms with Gasteiger partial charge in [-0.2, -0.15) is 5.10 Å². The van der Waals surface area contributed by atoms with E-state index < -0.39 is 0 Å². The van der Waals surface area contributed by atoms with Crippen molar-refractivity contribution in [3.05, 3.63) is 36.0 Å². The van der Waals surface area contributed by atoms with Crippen LogP contribution in [0.5, 0.6) is 0 Å². The first-order chi connectivity index (χ1) is 9.59. The molecule has 1 aliphatic heterocycles. The number of hydrogen-bond donors (Lipinski definition) is 1. The molecule has 2 heterocycles. The molecule has 0 saturated heterocycles. The average Bonchev–Trinajstić information content (AvgIpc) is 2.77. The van der Waals surface area contributed by atoms with Crippen LogP contribution < -0.4 is 9.80 Å². The van der Waals surface area contributed by atoms with Crippen molar-refractivity contribution in [2.24, 2.45) is 0 Å². The number of H-pyrrole nitrogens is 1. The number of nitrogens with zero attached hydrogens (tertiary/aromatic N) is 3. The smallest absolute Gasteiger partial charge is 0.241 e. The third-order valence-electron chi connectivity index (χ3n) is 3.38. The normalized spacial score (nSPS) is 15.3. The number of para-hydroxylation sites is 1. The van der Waals surface area contributed by atoms with Gasteiger partial charge in [-0.1, -0.05) is 18.2 Å². The Morgan fingerprint density at radius 1 is 1.15 bits per heavy atom. The summed E-state index contributed by atoms with van der Waals surface area (Å²) in [6.07, 6.45) is -0.165. The van der Waals surface area contributed by atoms with Gasteiger partial charge >= 0.3 is 0 Å². The Labute approximate surface area is 116 Å². The Morgan fingerprint density at radius 2 is 1.85 bits per heavy atom. The number of amides is 2. The molecule has 20 heavy (non-hydrogen) atoms. The lowest BCUT2D eigenvalue weighted by Gasteiger charge is -2.21. The Morgan fingerprint density at radius 3 is 2.55 bits per heavy atom. The topological polar surface area (TPSA) is 69.3 Å². The maximum atomic E-state index is 12.4. The van der Waals surface area contributed by atoms with Gasteiger partial charge in [-0.15, -0.1) is 0 Å². The molecule has 3 rings (SSSR count). The van der Waals surface area contributed by atoms with Crippen molar-refractivity contribution in [1.82, 2.24) is 10.2 Å². The fourth-order valence-corrected chi connectivity index (χ4v) is 2.33. The third kappa shape index (κ3) is 1.77. The van der Waals surface area contributed by atoms with Crippen molar-refractivity contribution >= 4 is 29.0 Å². The van der Waals surface area contributed by atoms with E-state index >= 15 is 0 Å². The van der Waals surface area contributed by atoms with Crippen molar-refractivity contribution < 1.29 is 9.59 Å². The SMILES string of the molecule is Cc1[nH]nc2c1N(c1ccccc1)C(=O)CC(=O)N2C. The van der Waals surface area contributed by atoms with Crippen molar-refractivity contribution in [3.63, 3.8) is 0 Å². The molecule has 2 aromatic rings. The van der Waals surface area contributed by atoms with Crippen LogP contribution in [0.15, 0.2) is 30.3 Å². The van der Waals surface area contributed by atoms with E-state index in [1.807, 2.05) is 37.3 Å². The minimum absolute atomic E-state index is 0.165. The van der Waals surface area contributed by atoms with Gasteiger partial charge in [0.2, 0.25) is 11.8 Å². The summed E-state index contributed by atoms with van der Waals surface area (Å²) in [5.41, 5.74) is 2.11. The van der Waals surface area contributed by atoms with E-state index in [1.165, 1.54) is 4.90 Å². The number of benzene rings is 1. The standard InChI is InChI=1S/C14H14N4O2/c1-9-13-14(16-15-9)17(2)11(19)8-12(20)18(13)10-6-4-3-5-7-10/h3-7H,8H2,1-2H3,(H,15,16). The van der Waals surface area contributed by atoms with Gasteiger partial charge in [0.05, 0.1) is 5.69 Å². The number of nitrogens with one attached hydrogen (secondary N) is 1. The number of rotatable bonds is 1. The molecule has 1 aromatic carbocycles. The number of carbonyl (C=O) groups is 2. The molecular formula is C14H14N4O2. The maximum absolute atomic E-state index is 12.4. The summed E-state index contributed by atoms with van der Waals surface area (Å²) in [7, 11) is 1.63. The van der Waals surface area contributed by atoms with Crippen LogP contribution in [0, 0.1) is 6.92 Å². The van der Waals surface area contributed by atoms with Gasteiger partial charge in [0.15, 0.2) is 5.82 Å². The number of aromatic nitrogens is 2. The molecule has 1 N–H and O–H groups in total. The van der Waals surface area contributed by atoms with Crippen LogP contribution in [0.3, 0.4) is 0 Å². The predicted molar refractivity (Wildman–Crippen MR) is 74.9 cm³/mol. The molecule has 6 heteroatoms. The van der Waals surface area contributed by atoms with E-state index in [1.54, 1.807) is 11.9 Å². The molecule has 1 aromatic heterocycles. The van der Waals surface area contributed by atoms with Crippen molar-refractivity contribution in [2.75, 3.05) is 16.8 Å². The van der Waals surface area contributed by atoms with Crippen LogP contribution in [-0.4, -0.2) is 29.1 Å². The number of aromatic amines is 1. The Hall–Kier alpha value is -2.63. The largest absolute Gasteiger partial charge is 0.296 e. The van der Waals surface area contributed by atoms with Crippen LogP contribution in [-0.2, 0) is 9.59 Å². The molecule has 0 fully saturated rings. The molecular weight excluding hydrogens is 256 g/mol. The first-order valence-electron chi connectivity index (χ1n) is 6.29. The first-order valence-corrected chi connectivity index (χ1v) is 6.29. The van der Waals surface area contributed by atoms with Crippen LogP contribution in [0.2, 0.25) is 0 Å². The van der Waals surface area contributed by atoms with Gasteiger partial charge in [0.1, 0.15) is 12.1 Å². The first kappa shape index (κ1) is 12.4. The van der Waals surface area contributed by atoms with E-state index in [0.29, 0.717) is 11.5 Å². The molecule has 0 aliphatic carbocycles. The molecule has 0 unspecified atom stereocenters. The minimum Gasteiger partial charge on any atom is -0.296 e. The van der Waals surface area contributed by atoms with Crippen molar-refractivity contribution in [1.29, 1.82) is 0 Å². The second-order valence-corrected chi connectivity index (χ2v) is 4.72. The number of anilines is 3. The molecule has 0 saturated carbocycles. The highest BCUT2D eigenvalue weighted by Crippen LogP contribution is 2.37. The zero-order chi connectivity index (χ0) is 14.3. The fourth-order valence-electron chi connectivity index (χ4n) is 2.33. The molecule has 2 amide bonds. The summed E-state index contributed by atoms with van der Waals surface area (Å²) in [6.45, 7) is 1.83. The Bertz CT molecular complexity index is 678. The van der Waals surface area contributed by atoms with Gasteiger partial charge in [-0.3, -0.25) is 24.5 Å². The summed E-state index contributed by atoms with van der Waals surface area (Å²) >= 11 is 0. The average molecular weight is 270 g/mol. The van der Waals surface area contributed by atoms with Crippen LogP contribution in [0.25, 0.3) is 0 Å². The Kier molecular flexibility index (Phi) is 2.78. The third-order valence-corrected chi connectivity index (χ3v) is 3.38. The molecule has 1 aliphatic rings. The van der Waals surface area contributed by atoms with E-state index in [-0.39, 0.29) is 18.2 Å². The highest BCUT2D eigenvalue weighted by Gasteiger charge is 2.33. The van der Waals surface area contributed by atoms with Crippen molar-refractivity contribution in [3.8, 4) is 0 Å². The van der Waals surface area contributed by atoms with Gasteiger partial charge in [-0.25, -0.2) is 0 Å². The highest BCUT2D eigenvalue weighted by atomic mass is 16.2. The molecule has 6 nitrogen and oxygen atoms in total. The number of hydrogen-bond acceptors (Lipinski definition) is 3. The van der Waals surface area contributed by atoms with E-state index in [2.05, 4.69) is 10.2 Å². The number of aryl methyl sites for hydroxylation is 1. The zero-order valence-corrected chi connectivity index (χ0v) is 11.3. The maximum Gasteiger partial charge on any atom is 0.241 e. The van der Waals surface area contributed by atoms with Gasteiger partial charge in [-0.05, 0) is 19.1 Å². The molecule has 0 atom stereocenters. The van der Waals surface area contributed by atoms with Gasteiger partial charge in [0, 0.05) is 12.7 Å². The fraction of sp³-hybridized carbons (Fsp3) is 0.214. The van der Waals surface area contributed by atoms with Gasteiger partial charge < -0.3 is 0 Å². The second kappa shape index (κ2) is 4.48.